The van der Waals surface area contributed by atoms with Crippen LogP contribution in [-0.2, 0) is 15.1 Å². The first-order valence-electron chi connectivity index (χ1n) is 6.15. The van der Waals surface area contributed by atoms with E-state index in [0.717, 1.165) is 14.0 Å². The van der Waals surface area contributed by atoms with Crippen LogP contribution in [0.5, 0.6) is 0 Å². The van der Waals surface area contributed by atoms with E-state index < -0.39 is 30.1 Å². The summed E-state index contributed by atoms with van der Waals surface area (Å²) in [6.45, 7) is 1.12. The number of halogens is 5. The fraction of sp³-hybridized carbons (Fsp3) is 0.500. The minimum Gasteiger partial charge on any atom is -0.465 e. The number of carbonyl (C=O) groups excluding carboxylic acids is 1. The van der Waals surface area contributed by atoms with E-state index in [2.05, 4.69) is 4.74 Å². The van der Waals surface area contributed by atoms with E-state index in [0.29, 0.717) is 0 Å². The summed E-state index contributed by atoms with van der Waals surface area (Å²) < 4.78 is 73.0. The Morgan fingerprint density at radius 2 is 1.55 bits per heavy atom. The van der Waals surface area contributed by atoms with Gasteiger partial charge in [-0.15, -0.1) is 0 Å². The van der Waals surface area contributed by atoms with E-state index in [1.54, 1.807) is 0 Å². The molecule has 1 unspecified atom stereocenters. The Morgan fingerprint density at radius 3 is 1.91 bits per heavy atom. The maximum absolute atomic E-state index is 13.3. The number of esters is 1. The van der Waals surface area contributed by atoms with Crippen molar-refractivity contribution in [2.24, 2.45) is 0 Å². The number of hydrogen-bond acceptors (Lipinski definition) is 3. The molecule has 0 aliphatic carbocycles. The standard InChI is InChI=1S/C14H15F5O3/c1-12(22-3,8-13(15,16)14(17,18)19)10-6-4-9(5-7-10)11(20)21-2/h4-7H,8H2,1-3H3. The van der Waals surface area contributed by atoms with Gasteiger partial charge in [0, 0.05) is 7.11 Å². The molecule has 1 aromatic rings. The molecule has 0 saturated heterocycles. The van der Waals surface area contributed by atoms with E-state index in [9.17, 15) is 26.7 Å². The molecule has 0 saturated carbocycles. The van der Waals surface area contributed by atoms with Crippen LogP contribution in [0.25, 0.3) is 0 Å². The smallest absolute Gasteiger partial charge is 0.453 e. The van der Waals surface area contributed by atoms with Crippen molar-refractivity contribution in [1.29, 1.82) is 0 Å². The quantitative estimate of drug-likeness (QED) is 0.608. The van der Waals surface area contributed by atoms with Gasteiger partial charge in [-0.25, -0.2) is 4.79 Å². The van der Waals surface area contributed by atoms with Gasteiger partial charge in [-0.2, -0.15) is 22.0 Å². The van der Waals surface area contributed by atoms with Crippen LogP contribution in [0.4, 0.5) is 22.0 Å². The maximum atomic E-state index is 13.3. The number of alkyl halides is 5. The number of ether oxygens (including phenoxy) is 2. The number of methoxy groups -OCH3 is 2. The second-order valence-electron chi connectivity index (χ2n) is 4.88. The Hall–Kier alpha value is -1.70. The fourth-order valence-corrected chi connectivity index (χ4v) is 1.89. The minimum absolute atomic E-state index is 0.0894. The molecule has 0 fully saturated rings. The van der Waals surface area contributed by atoms with E-state index in [-0.39, 0.29) is 11.1 Å². The number of carbonyl (C=O) groups is 1. The molecule has 0 radical (unpaired) electrons. The van der Waals surface area contributed by atoms with Gasteiger partial charge < -0.3 is 9.47 Å². The summed E-state index contributed by atoms with van der Waals surface area (Å²) in [5.41, 5.74) is -1.63. The molecule has 0 spiro atoms. The zero-order valence-electron chi connectivity index (χ0n) is 12.1. The van der Waals surface area contributed by atoms with Gasteiger partial charge in [-0.05, 0) is 24.6 Å². The molecule has 0 bridgehead atoms. The van der Waals surface area contributed by atoms with E-state index in [1.165, 1.54) is 31.4 Å². The van der Waals surface area contributed by atoms with Crippen LogP contribution >= 0.6 is 0 Å². The van der Waals surface area contributed by atoms with Crippen molar-refractivity contribution in [3.05, 3.63) is 35.4 Å². The first kappa shape index (κ1) is 18.3. The lowest BCUT2D eigenvalue weighted by molar-refractivity contribution is -0.298. The summed E-state index contributed by atoms with van der Waals surface area (Å²) in [7, 11) is 2.21. The molecule has 0 amide bonds. The van der Waals surface area contributed by atoms with Crippen molar-refractivity contribution < 1.29 is 36.2 Å². The third kappa shape index (κ3) is 3.73. The predicted octanol–water partition coefficient (Wildman–Crippen LogP) is 3.92. The number of hydrogen-bond donors (Lipinski definition) is 0. The second-order valence-corrected chi connectivity index (χ2v) is 4.88. The van der Waals surface area contributed by atoms with Crippen LogP contribution < -0.4 is 0 Å². The molecule has 1 atom stereocenters. The van der Waals surface area contributed by atoms with Gasteiger partial charge in [0.2, 0.25) is 0 Å². The summed E-state index contributed by atoms with van der Waals surface area (Å²) in [5.74, 6) is -5.55. The van der Waals surface area contributed by atoms with E-state index in [4.69, 9.17) is 4.74 Å². The molecule has 0 heterocycles. The van der Waals surface area contributed by atoms with Crippen molar-refractivity contribution in [2.75, 3.05) is 14.2 Å². The van der Waals surface area contributed by atoms with Crippen molar-refractivity contribution in [1.82, 2.24) is 0 Å². The highest BCUT2D eigenvalue weighted by atomic mass is 19.4. The number of benzene rings is 1. The molecule has 1 rings (SSSR count). The highest BCUT2D eigenvalue weighted by Gasteiger charge is 2.60. The van der Waals surface area contributed by atoms with Gasteiger partial charge in [0.25, 0.3) is 0 Å². The van der Waals surface area contributed by atoms with Crippen molar-refractivity contribution in [3.8, 4) is 0 Å². The summed E-state index contributed by atoms with van der Waals surface area (Å²) in [6.07, 6.45) is -7.24. The Kier molecular flexibility index (Phi) is 5.17. The Morgan fingerprint density at radius 1 is 1.05 bits per heavy atom. The van der Waals surface area contributed by atoms with E-state index in [1.807, 2.05) is 0 Å². The van der Waals surface area contributed by atoms with Crippen LogP contribution in [-0.4, -0.2) is 32.3 Å². The fourth-order valence-electron chi connectivity index (χ4n) is 1.89. The Balaban J connectivity index is 3.11. The number of rotatable bonds is 5. The molecule has 22 heavy (non-hydrogen) atoms. The SMILES string of the molecule is COC(=O)c1ccc(C(C)(CC(F)(F)C(F)(F)F)OC)cc1. The topological polar surface area (TPSA) is 35.5 Å². The minimum atomic E-state index is -5.67. The van der Waals surface area contributed by atoms with Gasteiger partial charge in [-0.3, -0.25) is 0 Å². The first-order valence-corrected chi connectivity index (χ1v) is 6.15. The van der Waals surface area contributed by atoms with Gasteiger partial charge in [0.1, 0.15) is 0 Å². The lowest BCUT2D eigenvalue weighted by Crippen LogP contribution is -2.43. The molecule has 124 valence electrons. The lowest BCUT2D eigenvalue weighted by atomic mass is 9.88. The normalized spacial score (nSPS) is 15.3. The van der Waals surface area contributed by atoms with Crippen LogP contribution in [0.3, 0.4) is 0 Å². The summed E-state index contributed by atoms with van der Waals surface area (Å²) in [6, 6.07) is 5.04. The van der Waals surface area contributed by atoms with Crippen molar-refractivity contribution >= 4 is 5.97 Å². The molecule has 3 nitrogen and oxygen atoms in total. The van der Waals surface area contributed by atoms with Crippen molar-refractivity contribution in [3.63, 3.8) is 0 Å². The maximum Gasteiger partial charge on any atom is 0.453 e. The van der Waals surface area contributed by atoms with Crippen molar-refractivity contribution in [2.45, 2.75) is 31.0 Å². The lowest BCUT2D eigenvalue weighted by Gasteiger charge is -2.33. The highest BCUT2D eigenvalue weighted by molar-refractivity contribution is 5.89. The zero-order valence-corrected chi connectivity index (χ0v) is 12.1. The average molecular weight is 326 g/mol. The van der Waals surface area contributed by atoms with Crippen LogP contribution in [0.2, 0.25) is 0 Å². The van der Waals surface area contributed by atoms with Gasteiger partial charge in [0.05, 0.1) is 24.7 Å². The van der Waals surface area contributed by atoms with Gasteiger partial charge >= 0.3 is 18.1 Å². The second kappa shape index (κ2) is 6.20. The summed E-state index contributed by atoms with van der Waals surface area (Å²) >= 11 is 0. The third-order valence-corrected chi connectivity index (χ3v) is 3.34. The zero-order chi connectivity index (χ0) is 17.2. The molecule has 0 aliphatic rings. The summed E-state index contributed by atoms with van der Waals surface area (Å²) in [5, 5.41) is 0. The Labute approximate surface area is 124 Å². The molecular weight excluding hydrogens is 311 g/mol. The molecule has 1 aromatic carbocycles. The summed E-state index contributed by atoms with van der Waals surface area (Å²) in [4.78, 5) is 11.3. The molecule has 0 aromatic heterocycles. The van der Waals surface area contributed by atoms with Crippen LogP contribution in [0.15, 0.2) is 24.3 Å². The molecular formula is C14H15F5O3. The molecule has 0 aliphatic heterocycles. The van der Waals surface area contributed by atoms with Gasteiger partial charge in [-0.1, -0.05) is 12.1 Å². The molecule has 0 N–H and O–H groups in total. The monoisotopic (exact) mass is 326 g/mol. The predicted molar refractivity (Wildman–Crippen MR) is 67.8 cm³/mol. The van der Waals surface area contributed by atoms with Crippen LogP contribution in [0.1, 0.15) is 29.3 Å². The van der Waals surface area contributed by atoms with Crippen LogP contribution in [0, 0.1) is 0 Å². The third-order valence-electron chi connectivity index (χ3n) is 3.34. The average Bonchev–Trinajstić information content (AvgIpc) is 2.44. The Bertz CT molecular complexity index is 524. The first-order chi connectivity index (χ1) is 9.97. The van der Waals surface area contributed by atoms with E-state index >= 15 is 0 Å². The largest absolute Gasteiger partial charge is 0.465 e. The van der Waals surface area contributed by atoms with Gasteiger partial charge in [0.15, 0.2) is 0 Å². The highest BCUT2D eigenvalue weighted by Crippen LogP contribution is 2.45. The molecule has 8 heteroatoms.